The zero-order chi connectivity index (χ0) is 22.4. The van der Waals surface area contributed by atoms with E-state index in [0.29, 0.717) is 10.2 Å². The van der Waals surface area contributed by atoms with Gasteiger partial charge in [-0.25, -0.2) is 13.8 Å². The highest BCUT2D eigenvalue weighted by molar-refractivity contribution is 9.10. The number of carbonyl (C=O) groups excluding carboxylic acids is 1. The molecule has 160 valence electrons. The minimum absolute atomic E-state index is 0.101. The predicted octanol–water partition coefficient (Wildman–Crippen LogP) is 4.87. The second-order valence-electron chi connectivity index (χ2n) is 6.65. The van der Waals surface area contributed by atoms with E-state index in [0.717, 1.165) is 19.9 Å². The quantitative estimate of drug-likeness (QED) is 0.328. The highest BCUT2D eigenvalue weighted by Gasteiger charge is 2.27. The van der Waals surface area contributed by atoms with Crippen molar-refractivity contribution in [1.29, 1.82) is 0 Å². The van der Waals surface area contributed by atoms with Gasteiger partial charge in [-0.1, -0.05) is 67.8 Å². The number of nitrogens with zero attached hydrogens (tertiary/aromatic N) is 2. The van der Waals surface area contributed by atoms with E-state index < -0.39 is 22.5 Å². The summed E-state index contributed by atoms with van der Waals surface area (Å²) in [4.78, 5) is 12.6. The first-order valence-corrected chi connectivity index (χ1v) is 12.2. The number of hydrazone groups is 1. The number of carbonyl (C=O) groups is 1. The van der Waals surface area contributed by atoms with Gasteiger partial charge in [-0.05, 0) is 55.0 Å². The molecule has 0 aliphatic heterocycles. The number of sulfonamides is 1. The molecule has 1 amide bonds. The van der Waals surface area contributed by atoms with Crippen LogP contribution in [0.15, 0.2) is 91.7 Å². The first kappa shape index (κ1) is 23.2. The van der Waals surface area contributed by atoms with Crippen LogP contribution in [0.4, 0.5) is 5.69 Å². The van der Waals surface area contributed by atoms with Gasteiger partial charge in [0.15, 0.2) is 0 Å². The average molecular weight is 565 g/mol. The van der Waals surface area contributed by atoms with Crippen LogP contribution in [-0.4, -0.2) is 27.1 Å². The van der Waals surface area contributed by atoms with Gasteiger partial charge in [0.1, 0.15) is 6.54 Å². The molecule has 0 aromatic heterocycles. The number of hydrogen-bond acceptors (Lipinski definition) is 4. The number of benzene rings is 3. The van der Waals surface area contributed by atoms with Crippen molar-refractivity contribution in [2.24, 2.45) is 5.10 Å². The zero-order valence-corrected chi connectivity index (χ0v) is 20.5. The van der Waals surface area contributed by atoms with Gasteiger partial charge >= 0.3 is 0 Å². The molecule has 0 aliphatic carbocycles. The standard InChI is InChI=1S/C22H19Br2N3O3S/c1-16-5-11-21(12-6-16)31(29,30)27(20-4-2-3-19(24)13-20)15-22(28)26-25-14-17-7-9-18(23)10-8-17/h2-14H,15H2,1H3,(H,26,28)/b25-14-. The topological polar surface area (TPSA) is 78.8 Å². The van der Waals surface area contributed by atoms with Gasteiger partial charge in [-0.2, -0.15) is 5.10 Å². The Labute approximate surface area is 198 Å². The van der Waals surface area contributed by atoms with E-state index in [4.69, 9.17) is 0 Å². The Morgan fingerprint density at radius 1 is 1.00 bits per heavy atom. The lowest BCUT2D eigenvalue weighted by Crippen LogP contribution is -2.39. The number of hydrogen-bond donors (Lipinski definition) is 1. The van der Waals surface area contributed by atoms with Gasteiger partial charge in [0, 0.05) is 8.95 Å². The van der Waals surface area contributed by atoms with E-state index in [1.807, 2.05) is 31.2 Å². The fourth-order valence-corrected chi connectivity index (χ4v) is 4.74. The number of anilines is 1. The Balaban J connectivity index is 1.83. The molecule has 0 aliphatic rings. The van der Waals surface area contributed by atoms with Crippen molar-refractivity contribution in [1.82, 2.24) is 5.43 Å². The fourth-order valence-electron chi connectivity index (χ4n) is 2.68. The molecule has 6 nitrogen and oxygen atoms in total. The average Bonchev–Trinajstić information content (AvgIpc) is 2.73. The Bertz CT molecular complexity index is 1200. The highest BCUT2D eigenvalue weighted by Crippen LogP contribution is 2.26. The number of nitrogens with one attached hydrogen (secondary N) is 1. The van der Waals surface area contributed by atoms with E-state index in [1.54, 1.807) is 36.4 Å². The van der Waals surface area contributed by atoms with Crippen molar-refractivity contribution >= 4 is 59.7 Å². The highest BCUT2D eigenvalue weighted by atomic mass is 79.9. The molecular weight excluding hydrogens is 546 g/mol. The number of rotatable bonds is 7. The van der Waals surface area contributed by atoms with Gasteiger partial charge in [-0.15, -0.1) is 0 Å². The maximum absolute atomic E-state index is 13.3. The summed E-state index contributed by atoms with van der Waals surface area (Å²) in [6, 6.07) is 20.6. The SMILES string of the molecule is Cc1ccc(S(=O)(=O)N(CC(=O)N/N=C\c2ccc(Br)cc2)c2cccc(Br)c2)cc1. The van der Waals surface area contributed by atoms with Crippen LogP contribution < -0.4 is 9.73 Å². The molecule has 0 bridgehead atoms. The van der Waals surface area contributed by atoms with E-state index >= 15 is 0 Å². The smallest absolute Gasteiger partial charge is 0.264 e. The monoisotopic (exact) mass is 563 g/mol. The number of amides is 1. The van der Waals surface area contributed by atoms with Crippen LogP contribution in [-0.2, 0) is 14.8 Å². The van der Waals surface area contributed by atoms with E-state index in [9.17, 15) is 13.2 Å². The second kappa shape index (κ2) is 10.2. The van der Waals surface area contributed by atoms with E-state index in [2.05, 4.69) is 42.4 Å². The molecule has 0 fully saturated rings. The van der Waals surface area contributed by atoms with Crippen molar-refractivity contribution in [2.75, 3.05) is 10.8 Å². The summed E-state index contributed by atoms with van der Waals surface area (Å²) in [7, 11) is -3.97. The van der Waals surface area contributed by atoms with Crippen LogP contribution in [0.3, 0.4) is 0 Å². The van der Waals surface area contributed by atoms with Crippen molar-refractivity contribution < 1.29 is 13.2 Å². The van der Waals surface area contributed by atoms with Crippen LogP contribution in [0.5, 0.6) is 0 Å². The van der Waals surface area contributed by atoms with Crippen LogP contribution in [0.1, 0.15) is 11.1 Å². The normalized spacial score (nSPS) is 11.5. The first-order valence-electron chi connectivity index (χ1n) is 9.18. The van der Waals surface area contributed by atoms with Crippen molar-refractivity contribution in [2.45, 2.75) is 11.8 Å². The van der Waals surface area contributed by atoms with Crippen LogP contribution in [0.25, 0.3) is 0 Å². The minimum atomic E-state index is -3.97. The summed E-state index contributed by atoms with van der Waals surface area (Å²) in [6.07, 6.45) is 1.49. The minimum Gasteiger partial charge on any atom is -0.271 e. The Hall–Kier alpha value is -2.49. The lowest BCUT2D eigenvalue weighted by atomic mass is 10.2. The summed E-state index contributed by atoms with van der Waals surface area (Å²) >= 11 is 6.71. The molecule has 0 saturated heterocycles. The molecule has 3 rings (SSSR count). The van der Waals surface area contributed by atoms with Gasteiger partial charge < -0.3 is 0 Å². The molecule has 31 heavy (non-hydrogen) atoms. The second-order valence-corrected chi connectivity index (χ2v) is 10.3. The van der Waals surface area contributed by atoms with Gasteiger partial charge in [0.25, 0.3) is 15.9 Å². The summed E-state index contributed by atoms with van der Waals surface area (Å²) in [5.41, 5.74) is 4.49. The largest absolute Gasteiger partial charge is 0.271 e. The lowest BCUT2D eigenvalue weighted by Gasteiger charge is -2.24. The Morgan fingerprint density at radius 2 is 1.68 bits per heavy atom. The van der Waals surface area contributed by atoms with Gasteiger partial charge in [0.05, 0.1) is 16.8 Å². The maximum atomic E-state index is 13.3. The Morgan fingerprint density at radius 3 is 2.32 bits per heavy atom. The third kappa shape index (κ3) is 6.25. The number of aryl methyl sites for hydroxylation is 1. The van der Waals surface area contributed by atoms with Crippen molar-refractivity contribution in [3.05, 3.63) is 92.9 Å². The molecule has 9 heteroatoms. The fraction of sp³-hybridized carbons (Fsp3) is 0.0909. The Kier molecular flexibility index (Phi) is 7.64. The molecule has 0 unspecified atom stereocenters. The van der Waals surface area contributed by atoms with Crippen molar-refractivity contribution in [3.63, 3.8) is 0 Å². The summed E-state index contributed by atoms with van der Waals surface area (Å²) in [5, 5.41) is 3.93. The van der Waals surface area contributed by atoms with Crippen LogP contribution in [0.2, 0.25) is 0 Å². The van der Waals surface area contributed by atoms with Crippen LogP contribution >= 0.6 is 31.9 Å². The molecule has 0 spiro atoms. The number of halogens is 2. The lowest BCUT2D eigenvalue weighted by molar-refractivity contribution is -0.119. The first-order chi connectivity index (χ1) is 14.8. The molecule has 1 N–H and O–H groups in total. The summed E-state index contributed by atoms with van der Waals surface area (Å²) < 4.78 is 29.3. The van der Waals surface area contributed by atoms with E-state index in [-0.39, 0.29) is 4.90 Å². The summed E-state index contributed by atoms with van der Waals surface area (Å²) in [6.45, 7) is 1.45. The molecular formula is C22H19Br2N3O3S. The van der Waals surface area contributed by atoms with Gasteiger partial charge in [0.2, 0.25) is 0 Å². The maximum Gasteiger partial charge on any atom is 0.264 e. The molecule has 0 atom stereocenters. The summed E-state index contributed by atoms with van der Waals surface area (Å²) in [5.74, 6) is -0.566. The van der Waals surface area contributed by atoms with E-state index in [1.165, 1.54) is 18.3 Å². The van der Waals surface area contributed by atoms with Crippen molar-refractivity contribution in [3.8, 4) is 0 Å². The van der Waals surface area contributed by atoms with Gasteiger partial charge in [-0.3, -0.25) is 9.10 Å². The zero-order valence-electron chi connectivity index (χ0n) is 16.5. The third-order valence-electron chi connectivity index (χ3n) is 4.27. The molecule has 0 radical (unpaired) electrons. The molecule has 3 aromatic carbocycles. The molecule has 3 aromatic rings. The third-order valence-corrected chi connectivity index (χ3v) is 7.08. The molecule has 0 heterocycles. The van der Waals surface area contributed by atoms with Crippen LogP contribution in [0, 0.1) is 6.92 Å². The predicted molar refractivity (Wildman–Crippen MR) is 130 cm³/mol. The molecule has 0 saturated carbocycles.